The molecule has 0 bridgehead atoms. The van der Waals surface area contributed by atoms with Gasteiger partial charge in [-0.05, 0) is 24.7 Å². The van der Waals surface area contributed by atoms with Crippen LogP contribution in [0.15, 0.2) is 6.33 Å². The van der Waals surface area contributed by atoms with Crippen molar-refractivity contribution in [3.63, 3.8) is 0 Å². The van der Waals surface area contributed by atoms with Gasteiger partial charge >= 0.3 is 0 Å². The minimum absolute atomic E-state index is 0.437. The quantitative estimate of drug-likeness (QED) is 0.855. The van der Waals surface area contributed by atoms with Crippen molar-refractivity contribution in [2.45, 2.75) is 39.0 Å². The van der Waals surface area contributed by atoms with Crippen molar-refractivity contribution in [2.75, 3.05) is 24.7 Å². The number of anilines is 2. The number of nitrogen functional groups attached to an aromatic ring is 1. The Balaban J connectivity index is 1.86. The molecule has 0 radical (unpaired) electrons. The Hall–Kier alpha value is -1.52. The van der Waals surface area contributed by atoms with E-state index in [0.29, 0.717) is 17.4 Å². The Morgan fingerprint density at radius 2 is 1.95 bits per heavy atom. The molecule has 0 saturated heterocycles. The Bertz CT molecular complexity index is 402. The van der Waals surface area contributed by atoms with Crippen LogP contribution in [0.4, 0.5) is 11.5 Å². The molecule has 1 fully saturated rings. The lowest BCUT2D eigenvalue weighted by molar-refractivity contribution is 0.278. The summed E-state index contributed by atoms with van der Waals surface area (Å²) in [7, 11) is 1.56. The minimum atomic E-state index is 0.437. The molecule has 1 aliphatic rings. The molecule has 1 aliphatic carbocycles. The van der Waals surface area contributed by atoms with Gasteiger partial charge in [-0.2, -0.15) is 4.98 Å². The third-order valence-electron chi connectivity index (χ3n) is 4.14. The molecule has 2 rings (SSSR count). The summed E-state index contributed by atoms with van der Waals surface area (Å²) in [6, 6.07) is 0. The summed E-state index contributed by atoms with van der Waals surface area (Å²) in [5, 5.41) is 3.33. The first-order chi connectivity index (χ1) is 9.24. The first-order valence-electron chi connectivity index (χ1n) is 7.12. The van der Waals surface area contributed by atoms with Crippen molar-refractivity contribution in [2.24, 2.45) is 11.8 Å². The van der Waals surface area contributed by atoms with Crippen LogP contribution in [-0.4, -0.2) is 23.6 Å². The number of nitrogens with zero attached hydrogens (tertiary/aromatic N) is 2. The first kappa shape index (κ1) is 13.9. The number of ether oxygens (including phenoxy) is 1. The number of aromatic nitrogens is 2. The molecule has 19 heavy (non-hydrogen) atoms. The van der Waals surface area contributed by atoms with Crippen LogP contribution < -0.4 is 15.8 Å². The molecule has 0 spiro atoms. The summed E-state index contributed by atoms with van der Waals surface area (Å²) in [5.41, 5.74) is 6.43. The molecular weight excluding hydrogens is 240 g/mol. The van der Waals surface area contributed by atoms with Crippen molar-refractivity contribution in [3.05, 3.63) is 6.33 Å². The zero-order chi connectivity index (χ0) is 13.7. The van der Waals surface area contributed by atoms with E-state index in [1.807, 2.05) is 0 Å². The lowest BCUT2D eigenvalue weighted by Gasteiger charge is -2.28. The van der Waals surface area contributed by atoms with Crippen molar-refractivity contribution >= 4 is 11.5 Å². The average molecular weight is 264 g/mol. The van der Waals surface area contributed by atoms with Gasteiger partial charge in [0.05, 0.1) is 7.11 Å². The number of rotatable bonds is 5. The molecule has 0 amide bonds. The van der Waals surface area contributed by atoms with Crippen molar-refractivity contribution in [1.82, 2.24) is 9.97 Å². The lowest BCUT2D eigenvalue weighted by atomic mass is 9.81. The highest BCUT2D eigenvalue weighted by Gasteiger charge is 2.20. The van der Waals surface area contributed by atoms with Crippen molar-refractivity contribution in [3.8, 4) is 5.88 Å². The highest BCUT2D eigenvalue weighted by molar-refractivity contribution is 5.66. The first-order valence-corrected chi connectivity index (χ1v) is 7.12. The predicted molar refractivity (Wildman–Crippen MR) is 77.2 cm³/mol. The zero-order valence-corrected chi connectivity index (χ0v) is 11.9. The molecule has 1 aromatic heterocycles. The minimum Gasteiger partial charge on any atom is -0.479 e. The fraction of sp³-hybridized carbons (Fsp3) is 0.714. The monoisotopic (exact) mass is 264 g/mol. The van der Waals surface area contributed by atoms with Crippen LogP contribution in [0.25, 0.3) is 0 Å². The van der Waals surface area contributed by atoms with Crippen LogP contribution in [0.1, 0.15) is 39.0 Å². The second-order valence-electron chi connectivity index (χ2n) is 5.32. The zero-order valence-electron chi connectivity index (χ0n) is 11.9. The van der Waals surface area contributed by atoms with Crippen molar-refractivity contribution < 1.29 is 4.74 Å². The van der Waals surface area contributed by atoms with Crippen LogP contribution in [0, 0.1) is 11.8 Å². The van der Waals surface area contributed by atoms with E-state index in [2.05, 4.69) is 22.2 Å². The molecule has 0 atom stereocenters. The lowest BCUT2D eigenvalue weighted by Crippen LogP contribution is -2.21. The summed E-state index contributed by atoms with van der Waals surface area (Å²) in [6.07, 6.45) is 8.10. The smallest absolute Gasteiger partial charge is 0.242 e. The van der Waals surface area contributed by atoms with Gasteiger partial charge in [-0.25, -0.2) is 4.98 Å². The number of nitrogens with one attached hydrogen (secondary N) is 1. The maximum atomic E-state index is 5.94. The third kappa shape index (κ3) is 3.49. The van der Waals surface area contributed by atoms with E-state index in [0.717, 1.165) is 18.4 Å². The summed E-state index contributed by atoms with van der Waals surface area (Å²) < 4.78 is 5.09. The van der Waals surface area contributed by atoms with E-state index >= 15 is 0 Å². The van der Waals surface area contributed by atoms with Crippen molar-refractivity contribution in [1.29, 1.82) is 0 Å². The van der Waals surface area contributed by atoms with Gasteiger partial charge in [0.15, 0.2) is 5.82 Å². The van der Waals surface area contributed by atoms with Crippen LogP contribution in [0.2, 0.25) is 0 Å². The van der Waals surface area contributed by atoms with Crippen LogP contribution in [-0.2, 0) is 0 Å². The van der Waals surface area contributed by atoms with Crippen LogP contribution in [0.3, 0.4) is 0 Å². The van der Waals surface area contributed by atoms with Gasteiger partial charge in [0.25, 0.3) is 0 Å². The largest absolute Gasteiger partial charge is 0.479 e. The summed E-state index contributed by atoms with van der Waals surface area (Å²) in [5.74, 6) is 2.78. The van der Waals surface area contributed by atoms with E-state index in [9.17, 15) is 0 Å². The molecule has 0 aromatic carbocycles. The summed E-state index contributed by atoms with van der Waals surface area (Å²) in [6.45, 7) is 3.22. The molecular formula is C14H24N4O. The maximum absolute atomic E-state index is 5.94. The Morgan fingerprint density at radius 3 is 2.58 bits per heavy atom. The van der Waals surface area contributed by atoms with Crippen LogP contribution in [0.5, 0.6) is 5.88 Å². The molecule has 1 aromatic rings. The van der Waals surface area contributed by atoms with Gasteiger partial charge in [-0.15, -0.1) is 0 Å². The molecule has 5 heteroatoms. The second kappa shape index (κ2) is 6.59. The highest BCUT2D eigenvalue weighted by Crippen LogP contribution is 2.31. The number of hydrogen-bond donors (Lipinski definition) is 2. The number of hydrogen-bond acceptors (Lipinski definition) is 5. The van der Waals surface area contributed by atoms with E-state index in [4.69, 9.17) is 10.5 Å². The van der Waals surface area contributed by atoms with E-state index in [-0.39, 0.29) is 0 Å². The van der Waals surface area contributed by atoms with Gasteiger partial charge in [-0.1, -0.05) is 26.2 Å². The number of nitrogens with two attached hydrogens (primary N) is 1. The Morgan fingerprint density at radius 1 is 1.26 bits per heavy atom. The molecule has 0 unspecified atom stereocenters. The molecule has 0 aliphatic heterocycles. The third-order valence-corrected chi connectivity index (χ3v) is 4.14. The van der Waals surface area contributed by atoms with Gasteiger partial charge in [0.1, 0.15) is 12.0 Å². The standard InChI is InChI=1S/C14H24N4O/c1-3-10-4-6-11(7-5-10)8-16-13-12(15)14(19-2)18-9-17-13/h9-11H,3-8,15H2,1-2H3,(H,16,17,18). The second-order valence-corrected chi connectivity index (χ2v) is 5.32. The van der Waals surface area contributed by atoms with Gasteiger partial charge in [0.2, 0.25) is 5.88 Å². The fourth-order valence-electron chi connectivity index (χ4n) is 2.77. The maximum Gasteiger partial charge on any atom is 0.242 e. The molecule has 106 valence electrons. The fourth-order valence-corrected chi connectivity index (χ4v) is 2.77. The van der Waals surface area contributed by atoms with Crippen LogP contribution >= 0.6 is 0 Å². The summed E-state index contributed by atoms with van der Waals surface area (Å²) in [4.78, 5) is 8.15. The molecule has 1 saturated carbocycles. The Kier molecular flexibility index (Phi) is 4.82. The Labute approximate surface area is 115 Å². The molecule has 1 heterocycles. The average Bonchev–Trinajstić information content (AvgIpc) is 2.47. The number of methoxy groups -OCH3 is 1. The summed E-state index contributed by atoms with van der Waals surface area (Å²) >= 11 is 0. The normalized spacial score (nSPS) is 23.1. The molecule has 5 nitrogen and oxygen atoms in total. The van der Waals surface area contributed by atoms with E-state index < -0.39 is 0 Å². The van der Waals surface area contributed by atoms with E-state index in [1.165, 1.54) is 38.4 Å². The van der Waals surface area contributed by atoms with Gasteiger partial charge in [-0.3, -0.25) is 0 Å². The topological polar surface area (TPSA) is 73.1 Å². The molecule has 3 N–H and O–H groups in total. The van der Waals surface area contributed by atoms with Gasteiger partial charge < -0.3 is 15.8 Å². The van der Waals surface area contributed by atoms with Gasteiger partial charge in [0, 0.05) is 6.54 Å². The van der Waals surface area contributed by atoms with E-state index in [1.54, 1.807) is 7.11 Å². The predicted octanol–water partition coefficient (Wildman–Crippen LogP) is 2.70. The SMILES string of the molecule is CCC1CCC(CNc2ncnc(OC)c2N)CC1. The highest BCUT2D eigenvalue weighted by atomic mass is 16.5.